The monoisotopic (exact) mass is 400 g/mol. The topological polar surface area (TPSA) is 152 Å². The number of rotatable bonds is 8. The smallest absolute Gasteiger partial charge is 0.524 e. The number of hydrogen-bond donors (Lipinski definition) is 4. The van der Waals surface area contributed by atoms with Gasteiger partial charge in [0.25, 0.3) is 7.82 Å². The molecule has 0 bridgehead atoms. The zero-order valence-corrected chi connectivity index (χ0v) is 14.4. The van der Waals surface area contributed by atoms with Crippen LogP contribution >= 0.6 is 15.6 Å². The van der Waals surface area contributed by atoms with E-state index in [0.29, 0.717) is 5.52 Å². The fourth-order valence-electron chi connectivity index (χ4n) is 2.17. The molecule has 0 saturated carbocycles. The second kappa shape index (κ2) is 7.19. The van der Waals surface area contributed by atoms with Crippen molar-refractivity contribution < 1.29 is 50.5 Å². The highest BCUT2D eigenvalue weighted by molar-refractivity contribution is 7.46. The highest BCUT2D eigenvalue weighted by atomic mass is 31.2. The van der Waals surface area contributed by atoms with Crippen molar-refractivity contribution in [1.82, 2.24) is 4.98 Å². The fourth-order valence-corrected chi connectivity index (χ4v) is 2.92. The molecule has 2 aromatic rings. The van der Waals surface area contributed by atoms with E-state index in [9.17, 15) is 14.0 Å². The third-order valence-electron chi connectivity index (χ3n) is 3.17. The Morgan fingerprint density at radius 2 is 2.04 bits per heavy atom. The SMILES string of the molecule is [2H]C([2H])([2H])[N+](CCc1c[nH]c2cccc(OP(=O)(O)O)c12)(COP(=O)([O-])O)C([2H])([2H])[2H]. The lowest BCUT2D eigenvalue weighted by molar-refractivity contribution is -0.906. The van der Waals surface area contributed by atoms with Crippen molar-refractivity contribution in [2.75, 3.05) is 27.2 Å². The van der Waals surface area contributed by atoms with Crippen molar-refractivity contribution in [3.63, 3.8) is 0 Å². The standard InChI is InChI=1S/C13H20N2O8P2/c1-15(2,9-22-24(16,17)18)7-6-10-8-14-11-4-3-5-12(13(10)11)23-25(19,20)21/h3-5,8,14H,6-7,9H2,1-2H3,(H3-,16,17,18,19,20,21)/i1D3,2D3. The number of likely N-dealkylation sites (N-methyl/N-ethyl adjacent to an activating group) is 1. The van der Waals surface area contributed by atoms with E-state index in [0.717, 1.165) is 0 Å². The zero-order valence-electron chi connectivity index (χ0n) is 18.7. The molecular weight excluding hydrogens is 374 g/mol. The van der Waals surface area contributed by atoms with Crippen LogP contribution in [0, 0.1) is 0 Å². The number of phosphoric acid groups is 2. The van der Waals surface area contributed by atoms with Crippen molar-refractivity contribution in [3.05, 3.63) is 30.0 Å². The van der Waals surface area contributed by atoms with Gasteiger partial charge in [-0.15, -0.1) is 0 Å². The number of fused-ring (bicyclic) bond motifs is 1. The van der Waals surface area contributed by atoms with Crippen LogP contribution in [0.3, 0.4) is 0 Å². The van der Waals surface area contributed by atoms with E-state index in [-0.39, 0.29) is 23.1 Å². The first-order chi connectivity index (χ1) is 13.9. The first kappa shape index (κ1) is 13.0. The van der Waals surface area contributed by atoms with Gasteiger partial charge >= 0.3 is 7.82 Å². The second-order valence-electron chi connectivity index (χ2n) is 5.24. The summed E-state index contributed by atoms with van der Waals surface area (Å²) in [6.45, 7) is -8.65. The van der Waals surface area contributed by atoms with Gasteiger partial charge in [-0.25, -0.2) is 4.57 Å². The number of aromatic nitrogens is 1. The van der Waals surface area contributed by atoms with Crippen molar-refractivity contribution >= 4 is 26.5 Å². The van der Waals surface area contributed by atoms with Gasteiger partial charge in [-0.1, -0.05) is 6.07 Å². The van der Waals surface area contributed by atoms with Gasteiger partial charge in [-0.2, -0.15) is 0 Å². The van der Waals surface area contributed by atoms with E-state index < -0.39 is 47.4 Å². The summed E-state index contributed by atoms with van der Waals surface area (Å²) in [5.74, 6) is -0.224. The Kier molecular flexibility index (Phi) is 3.74. The largest absolute Gasteiger partial charge is 0.756 e. The van der Waals surface area contributed by atoms with Gasteiger partial charge in [-0.05, 0) is 17.7 Å². The van der Waals surface area contributed by atoms with E-state index in [4.69, 9.17) is 22.9 Å². The number of phosphoric ester groups is 2. The summed E-state index contributed by atoms with van der Waals surface area (Å²) in [5.41, 5.74) is 0.627. The molecule has 0 radical (unpaired) electrons. The van der Waals surface area contributed by atoms with Crippen LogP contribution < -0.4 is 9.42 Å². The van der Waals surface area contributed by atoms with E-state index in [1.807, 2.05) is 0 Å². The van der Waals surface area contributed by atoms with Crippen molar-refractivity contribution in [3.8, 4) is 5.75 Å². The molecule has 1 heterocycles. The minimum atomic E-state index is -5.43. The molecular formula is C13H20N2O8P2. The molecule has 0 fully saturated rings. The Labute approximate surface area is 152 Å². The molecule has 0 amide bonds. The van der Waals surface area contributed by atoms with Crippen LogP contribution in [0.5, 0.6) is 5.75 Å². The first-order valence-corrected chi connectivity index (χ1v) is 9.79. The van der Waals surface area contributed by atoms with Crippen molar-refractivity contribution in [2.45, 2.75) is 6.42 Å². The lowest BCUT2D eigenvalue weighted by Crippen LogP contribution is -2.43. The summed E-state index contributed by atoms with van der Waals surface area (Å²) in [6, 6.07) is 4.25. The van der Waals surface area contributed by atoms with Gasteiger partial charge in [0.2, 0.25) is 0 Å². The lowest BCUT2D eigenvalue weighted by atomic mass is 10.1. The molecule has 25 heavy (non-hydrogen) atoms. The average molecular weight is 400 g/mol. The normalized spacial score (nSPS) is 19.8. The van der Waals surface area contributed by atoms with Crippen LogP contribution in [0.25, 0.3) is 10.9 Å². The van der Waals surface area contributed by atoms with Crippen LogP contribution in [-0.4, -0.2) is 51.4 Å². The number of H-pyrrole nitrogens is 1. The number of aromatic amines is 1. The van der Waals surface area contributed by atoms with Crippen LogP contribution in [0.4, 0.5) is 0 Å². The molecule has 0 aliphatic rings. The van der Waals surface area contributed by atoms with E-state index in [2.05, 4.69) is 14.0 Å². The highest BCUT2D eigenvalue weighted by Gasteiger charge is 2.22. The average Bonchev–Trinajstić information content (AvgIpc) is 2.94. The Hall–Kier alpha value is -1.22. The molecule has 0 aliphatic carbocycles. The Balaban J connectivity index is 2.49. The van der Waals surface area contributed by atoms with Gasteiger partial charge in [0.15, 0.2) is 6.73 Å². The molecule has 12 heteroatoms. The molecule has 1 aromatic carbocycles. The van der Waals surface area contributed by atoms with E-state index in [1.54, 1.807) is 6.07 Å². The number of benzene rings is 1. The third-order valence-corrected chi connectivity index (χ3v) is 4.05. The maximum Gasteiger partial charge on any atom is 0.524 e. The van der Waals surface area contributed by atoms with Gasteiger partial charge in [0.1, 0.15) is 5.75 Å². The molecule has 1 unspecified atom stereocenters. The molecule has 1 atom stereocenters. The number of nitrogens with zero attached hydrogens (tertiary/aromatic N) is 1. The molecule has 4 N–H and O–H groups in total. The van der Waals surface area contributed by atoms with Crippen LogP contribution in [0.1, 0.15) is 13.8 Å². The van der Waals surface area contributed by atoms with Gasteiger partial charge in [0, 0.05) is 23.5 Å². The number of nitrogens with one attached hydrogen (secondary N) is 1. The molecule has 140 valence electrons. The Morgan fingerprint density at radius 1 is 1.32 bits per heavy atom. The summed E-state index contributed by atoms with van der Waals surface area (Å²) in [7, 11) is -10.4. The predicted molar refractivity (Wildman–Crippen MR) is 87.4 cm³/mol. The van der Waals surface area contributed by atoms with Gasteiger partial charge in [-0.3, -0.25) is 18.9 Å². The lowest BCUT2D eigenvalue weighted by Gasteiger charge is -2.31. The molecule has 10 nitrogen and oxygen atoms in total. The Bertz CT molecular complexity index is 1010. The van der Waals surface area contributed by atoms with Crippen LogP contribution in [0.15, 0.2) is 24.4 Å². The fraction of sp³-hybridized carbons (Fsp3) is 0.385. The zero-order chi connectivity index (χ0) is 23.9. The first-order valence-electron chi connectivity index (χ1n) is 9.76. The van der Waals surface area contributed by atoms with Crippen LogP contribution in [0.2, 0.25) is 0 Å². The second-order valence-corrected chi connectivity index (χ2v) is 7.60. The summed E-state index contributed by atoms with van der Waals surface area (Å²) in [6.07, 6.45) is 1.08. The van der Waals surface area contributed by atoms with Crippen LogP contribution in [-0.2, 0) is 20.1 Å². The van der Waals surface area contributed by atoms with Crippen molar-refractivity contribution in [2.24, 2.45) is 0 Å². The van der Waals surface area contributed by atoms with Crippen molar-refractivity contribution in [1.29, 1.82) is 0 Å². The highest BCUT2D eigenvalue weighted by Crippen LogP contribution is 2.41. The summed E-state index contributed by atoms with van der Waals surface area (Å²) >= 11 is 0. The molecule has 0 aliphatic heterocycles. The van der Waals surface area contributed by atoms with Gasteiger partial charge < -0.3 is 23.8 Å². The molecule has 2 rings (SSSR count). The van der Waals surface area contributed by atoms with E-state index >= 15 is 0 Å². The van der Waals surface area contributed by atoms with Gasteiger partial charge in [0.05, 0.1) is 28.7 Å². The quantitative estimate of drug-likeness (QED) is 0.287. The minimum absolute atomic E-state index is 0.178. The minimum Gasteiger partial charge on any atom is -0.756 e. The van der Waals surface area contributed by atoms with E-state index in [1.165, 1.54) is 18.3 Å². The number of quaternary nitrogens is 1. The maximum atomic E-state index is 11.3. The summed E-state index contributed by atoms with van der Waals surface area (Å²) in [4.78, 5) is 40.9. The maximum absolute atomic E-state index is 11.3. The number of hydrogen-bond acceptors (Lipinski definition) is 5. The molecule has 1 aromatic heterocycles. The summed E-state index contributed by atoms with van der Waals surface area (Å²) in [5, 5.41) is 0.178. The Morgan fingerprint density at radius 3 is 2.64 bits per heavy atom. The molecule has 0 spiro atoms. The third kappa shape index (κ3) is 6.22. The molecule has 0 saturated heterocycles. The summed E-state index contributed by atoms with van der Waals surface area (Å²) < 4.78 is 75.5. The predicted octanol–water partition coefficient (Wildman–Crippen LogP) is 0.693.